The zero-order chi connectivity index (χ0) is 34.2. The minimum atomic E-state index is -5.90. The van der Waals surface area contributed by atoms with Gasteiger partial charge in [0, 0.05) is 30.8 Å². The number of alkyl halides is 5. The standard InChI is InChI=1S/C35H41F5N2O5/c1-3-47-29(44)15-18-42-31(45)41-17-4-5-21-6-8-22(9-7-21)27-20-32(2)28(14-16-33(32,46)34(36,37)35(38,39)40)26-12-10-23-19-24(43)11-13-25(23)30(26)27/h4-9,19,26-28,46H,3,10-18,20H2,1-2H3,(H2,41,42,45)/b5-4+/t26-,27+,28-,32-,33-/m0/s1. The zero-order valence-electron chi connectivity index (χ0n) is 26.5. The molecule has 0 spiro atoms. The number of urea groups is 1. The molecule has 1 aromatic carbocycles. The fourth-order valence-electron chi connectivity index (χ4n) is 8.47. The summed E-state index contributed by atoms with van der Waals surface area (Å²) in [6.45, 7) is 3.70. The third kappa shape index (κ3) is 6.37. The number of hydrogen-bond donors (Lipinski definition) is 3. The van der Waals surface area contributed by atoms with Crippen LogP contribution in [0.2, 0.25) is 0 Å². The van der Waals surface area contributed by atoms with E-state index < -0.39 is 53.4 Å². The first-order valence-electron chi connectivity index (χ1n) is 16.2. The van der Waals surface area contributed by atoms with E-state index in [1.54, 1.807) is 25.2 Å². The van der Waals surface area contributed by atoms with Crippen LogP contribution in [0.25, 0.3) is 6.08 Å². The molecule has 0 aromatic heterocycles. The van der Waals surface area contributed by atoms with E-state index in [2.05, 4.69) is 10.6 Å². The lowest BCUT2D eigenvalue weighted by Crippen LogP contribution is -2.65. The summed E-state index contributed by atoms with van der Waals surface area (Å²) < 4.78 is 76.5. The minimum Gasteiger partial charge on any atom is -0.466 e. The molecule has 1 aromatic rings. The zero-order valence-corrected chi connectivity index (χ0v) is 26.5. The molecule has 0 unspecified atom stereocenters. The summed E-state index contributed by atoms with van der Waals surface area (Å²) in [5.74, 6) is -7.02. The van der Waals surface area contributed by atoms with Gasteiger partial charge in [0.2, 0.25) is 0 Å². The first kappa shape index (κ1) is 34.8. The number of carbonyl (C=O) groups is 3. The number of aliphatic hydroxyl groups is 1. The molecule has 0 bridgehead atoms. The molecule has 256 valence electrons. The Morgan fingerprint density at radius 1 is 1.06 bits per heavy atom. The van der Waals surface area contributed by atoms with Crippen molar-refractivity contribution in [1.82, 2.24) is 10.6 Å². The highest BCUT2D eigenvalue weighted by atomic mass is 19.4. The van der Waals surface area contributed by atoms with Gasteiger partial charge in [-0.25, -0.2) is 4.79 Å². The van der Waals surface area contributed by atoms with Crippen LogP contribution in [-0.2, 0) is 14.3 Å². The lowest BCUT2D eigenvalue weighted by Gasteiger charge is -2.56. The molecule has 4 aliphatic rings. The average Bonchev–Trinajstić information content (AvgIpc) is 3.30. The number of ether oxygens (including phenoxy) is 1. The minimum absolute atomic E-state index is 0.0276. The molecule has 0 radical (unpaired) electrons. The van der Waals surface area contributed by atoms with Crippen LogP contribution in [0, 0.1) is 17.3 Å². The highest BCUT2D eigenvalue weighted by molar-refractivity contribution is 5.93. The molecular formula is C35H41F5N2O5. The molecule has 5 atom stereocenters. The highest BCUT2D eigenvalue weighted by Crippen LogP contribution is 2.70. The Labute approximate surface area is 270 Å². The van der Waals surface area contributed by atoms with Gasteiger partial charge in [-0.15, -0.1) is 0 Å². The van der Waals surface area contributed by atoms with Gasteiger partial charge in [-0.1, -0.05) is 48.9 Å². The van der Waals surface area contributed by atoms with E-state index >= 15 is 8.78 Å². The van der Waals surface area contributed by atoms with E-state index in [1.807, 2.05) is 24.3 Å². The molecular weight excluding hydrogens is 623 g/mol. The molecule has 0 heterocycles. The van der Waals surface area contributed by atoms with Gasteiger partial charge in [0.25, 0.3) is 0 Å². The number of fused-ring (bicyclic) bond motifs is 4. The van der Waals surface area contributed by atoms with Gasteiger partial charge in [-0.2, -0.15) is 22.0 Å². The Kier molecular flexibility index (Phi) is 9.74. The Balaban J connectivity index is 1.38. The predicted molar refractivity (Wildman–Crippen MR) is 164 cm³/mol. The Hall–Kier alpha value is -3.54. The molecule has 4 aliphatic carbocycles. The Morgan fingerprint density at radius 2 is 1.79 bits per heavy atom. The lowest BCUT2D eigenvalue weighted by atomic mass is 9.50. The number of benzene rings is 1. The largest absolute Gasteiger partial charge is 0.466 e. The fourth-order valence-corrected chi connectivity index (χ4v) is 8.47. The summed E-state index contributed by atoms with van der Waals surface area (Å²) in [5, 5.41) is 16.6. The van der Waals surface area contributed by atoms with Crippen molar-refractivity contribution in [3.8, 4) is 0 Å². The SMILES string of the molecule is CCOC(=O)CCNC(=O)NC/C=C/c1ccc([C@H]2C[C@@]3(C)[C@@H](CC[C@@]3(O)C(F)(F)C(F)(F)F)[C@@H]3CCC4=CC(=O)CCC4=C32)cc1. The summed E-state index contributed by atoms with van der Waals surface area (Å²) in [6.07, 6.45) is 0.539. The van der Waals surface area contributed by atoms with Crippen molar-refractivity contribution in [2.45, 2.75) is 88.8 Å². The summed E-state index contributed by atoms with van der Waals surface area (Å²) >= 11 is 0. The first-order valence-corrected chi connectivity index (χ1v) is 16.2. The molecule has 3 N–H and O–H groups in total. The van der Waals surface area contributed by atoms with Crippen molar-refractivity contribution in [1.29, 1.82) is 0 Å². The quantitative estimate of drug-likeness (QED) is 0.200. The molecule has 0 saturated heterocycles. The maximum absolute atomic E-state index is 15.2. The molecule has 5 rings (SSSR count). The number of rotatable bonds is 9. The lowest BCUT2D eigenvalue weighted by molar-refractivity contribution is -0.362. The van der Waals surface area contributed by atoms with Crippen LogP contribution in [0.15, 0.2) is 53.1 Å². The van der Waals surface area contributed by atoms with E-state index in [0.29, 0.717) is 25.7 Å². The number of carbonyl (C=O) groups excluding carboxylic acids is 3. The van der Waals surface area contributed by atoms with Gasteiger partial charge >= 0.3 is 24.1 Å². The second kappa shape index (κ2) is 13.2. The van der Waals surface area contributed by atoms with Crippen LogP contribution < -0.4 is 10.6 Å². The Bertz CT molecular complexity index is 1480. The van der Waals surface area contributed by atoms with Crippen LogP contribution in [0.1, 0.15) is 82.3 Å². The number of allylic oxidation sites excluding steroid dienone is 4. The molecule has 12 heteroatoms. The topological polar surface area (TPSA) is 105 Å². The van der Waals surface area contributed by atoms with E-state index in [4.69, 9.17) is 4.74 Å². The molecule has 2 amide bonds. The summed E-state index contributed by atoms with van der Waals surface area (Å²) in [5.41, 5.74) is -0.487. The maximum atomic E-state index is 15.2. The van der Waals surface area contributed by atoms with Gasteiger partial charge in [0.15, 0.2) is 5.78 Å². The molecule has 2 fully saturated rings. The van der Waals surface area contributed by atoms with Crippen molar-refractivity contribution >= 4 is 23.9 Å². The Morgan fingerprint density at radius 3 is 2.47 bits per heavy atom. The van der Waals surface area contributed by atoms with Crippen molar-refractivity contribution in [3.05, 3.63) is 64.3 Å². The fraction of sp³-hybridized carbons (Fsp3) is 0.571. The van der Waals surface area contributed by atoms with Crippen LogP contribution in [0.4, 0.5) is 26.7 Å². The van der Waals surface area contributed by atoms with Crippen LogP contribution in [0.3, 0.4) is 0 Å². The van der Waals surface area contributed by atoms with Gasteiger partial charge in [0.05, 0.1) is 13.0 Å². The first-order chi connectivity index (χ1) is 22.1. The van der Waals surface area contributed by atoms with Gasteiger partial charge in [-0.05, 0) is 85.6 Å². The average molecular weight is 665 g/mol. The highest BCUT2D eigenvalue weighted by Gasteiger charge is 2.79. The molecule has 7 nitrogen and oxygen atoms in total. The van der Waals surface area contributed by atoms with E-state index in [1.165, 1.54) is 6.92 Å². The predicted octanol–water partition coefficient (Wildman–Crippen LogP) is 6.78. The van der Waals surface area contributed by atoms with Crippen molar-refractivity contribution in [2.75, 3.05) is 19.7 Å². The normalized spacial score (nSPS) is 29.1. The number of hydrogen-bond acceptors (Lipinski definition) is 5. The second-order valence-electron chi connectivity index (χ2n) is 13.2. The number of esters is 1. The van der Waals surface area contributed by atoms with E-state index in [9.17, 15) is 32.7 Å². The van der Waals surface area contributed by atoms with Crippen LogP contribution in [-0.4, -0.2) is 60.3 Å². The van der Waals surface area contributed by atoms with Crippen molar-refractivity contribution in [2.24, 2.45) is 17.3 Å². The van der Waals surface area contributed by atoms with Crippen molar-refractivity contribution < 1.29 is 46.2 Å². The van der Waals surface area contributed by atoms with Gasteiger partial charge < -0.3 is 20.5 Å². The number of nitrogens with one attached hydrogen (secondary N) is 2. The summed E-state index contributed by atoms with van der Waals surface area (Å²) in [4.78, 5) is 35.6. The second-order valence-corrected chi connectivity index (χ2v) is 13.2. The van der Waals surface area contributed by atoms with Crippen molar-refractivity contribution in [3.63, 3.8) is 0 Å². The maximum Gasteiger partial charge on any atom is 0.456 e. The number of amides is 2. The smallest absolute Gasteiger partial charge is 0.456 e. The van der Waals surface area contributed by atoms with E-state index in [-0.39, 0.29) is 50.7 Å². The van der Waals surface area contributed by atoms with Gasteiger partial charge in [-0.3, -0.25) is 9.59 Å². The van der Waals surface area contributed by atoms with E-state index in [0.717, 1.165) is 27.8 Å². The number of halogens is 5. The summed E-state index contributed by atoms with van der Waals surface area (Å²) in [7, 11) is 0. The van der Waals surface area contributed by atoms with Gasteiger partial charge in [0.1, 0.15) is 5.60 Å². The monoisotopic (exact) mass is 664 g/mol. The van der Waals surface area contributed by atoms with Crippen LogP contribution >= 0.6 is 0 Å². The third-order valence-electron chi connectivity index (χ3n) is 10.7. The molecule has 2 saturated carbocycles. The molecule has 47 heavy (non-hydrogen) atoms. The summed E-state index contributed by atoms with van der Waals surface area (Å²) in [6, 6.07) is 6.84. The van der Waals surface area contributed by atoms with Crippen LogP contribution in [0.5, 0.6) is 0 Å². The molecule has 0 aliphatic heterocycles. The third-order valence-corrected chi connectivity index (χ3v) is 10.7. The number of ketones is 1.